The van der Waals surface area contributed by atoms with Gasteiger partial charge >= 0.3 is 6.03 Å². The third-order valence-corrected chi connectivity index (χ3v) is 4.71. The minimum absolute atomic E-state index is 0.0537. The highest BCUT2D eigenvalue weighted by molar-refractivity contribution is 7.99. The van der Waals surface area contributed by atoms with Crippen LogP contribution < -0.4 is 5.32 Å². The molecule has 4 nitrogen and oxygen atoms in total. The van der Waals surface area contributed by atoms with Crippen molar-refractivity contribution >= 4 is 17.8 Å². The van der Waals surface area contributed by atoms with Gasteiger partial charge in [-0.2, -0.15) is 11.8 Å². The number of urea groups is 1. The summed E-state index contributed by atoms with van der Waals surface area (Å²) in [7, 11) is 0. The van der Waals surface area contributed by atoms with Crippen LogP contribution in [-0.2, 0) is 0 Å². The SMILES string of the molecule is CCSCCC(C)NC(=O)N1CCC(C(C)O)CC1. The molecule has 0 radical (unpaired) electrons. The molecule has 1 saturated heterocycles. The van der Waals surface area contributed by atoms with Gasteiger partial charge in [-0.05, 0) is 50.5 Å². The molecule has 0 aromatic carbocycles. The van der Waals surface area contributed by atoms with Crippen molar-refractivity contribution in [2.75, 3.05) is 24.6 Å². The zero-order valence-corrected chi connectivity index (χ0v) is 13.2. The van der Waals surface area contributed by atoms with Gasteiger partial charge in [-0.3, -0.25) is 0 Å². The molecule has 0 saturated carbocycles. The van der Waals surface area contributed by atoms with Gasteiger partial charge < -0.3 is 15.3 Å². The molecule has 0 spiro atoms. The van der Waals surface area contributed by atoms with Gasteiger partial charge in [-0.15, -0.1) is 0 Å². The maximum absolute atomic E-state index is 12.1. The molecule has 2 amide bonds. The summed E-state index contributed by atoms with van der Waals surface area (Å²) in [6.07, 6.45) is 2.58. The molecule has 0 aromatic rings. The van der Waals surface area contributed by atoms with Gasteiger partial charge in [0.1, 0.15) is 0 Å². The Labute approximate surface area is 121 Å². The van der Waals surface area contributed by atoms with Crippen molar-refractivity contribution < 1.29 is 9.90 Å². The number of amides is 2. The Bertz CT molecular complexity index is 266. The Kier molecular flexibility index (Phi) is 7.61. The van der Waals surface area contributed by atoms with E-state index in [1.54, 1.807) is 0 Å². The van der Waals surface area contributed by atoms with Crippen LogP contribution in [0.25, 0.3) is 0 Å². The molecule has 0 aromatic heterocycles. The zero-order chi connectivity index (χ0) is 14.3. The van der Waals surface area contributed by atoms with Gasteiger partial charge in [-0.1, -0.05) is 6.92 Å². The first kappa shape index (κ1) is 16.6. The Morgan fingerprint density at radius 1 is 1.42 bits per heavy atom. The second-order valence-corrected chi connectivity index (χ2v) is 6.80. The first-order chi connectivity index (χ1) is 9.04. The summed E-state index contributed by atoms with van der Waals surface area (Å²) < 4.78 is 0. The fraction of sp³-hybridized carbons (Fsp3) is 0.929. The first-order valence-electron chi connectivity index (χ1n) is 7.35. The van der Waals surface area contributed by atoms with Crippen LogP contribution in [0.5, 0.6) is 0 Å². The van der Waals surface area contributed by atoms with Crippen molar-refractivity contribution in [2.45, 2.75) is 52.2 Å². The molecule has 1 rings (SSSR count). The van der Waals surface area contributed by atoms with Crippen LogP contribution in [0.3, 0.4) is 0 Å². The van der Waals surface area contributed by atoms with Crippen molar-refractivity contribution in [3.05, 3.63) is 0 Å². The Morgan fingerprint density at radius 2 is 2.05 bits per heavy atom. The average Bonchev–Trinajstić information content (AvgIpc) is 2.39. The third-order valence-electron chi connectivity index (χ3n) is 3.78. The Morgan fingerprint density at radius 3 is 2.58 bits per heavy atom. The molecule has 1 fully saturated rings. The van der Waals surface area contributed by atoms with E-state index in [0.29, 0.717) is 5.92 Å². The summed E-state index contributed by atoms with van der Waals surface area (Å²) in [6.45, 7) is 7.58. The van der Waals surface area contributed by atoms with E-state index in [0.717, 1.165) is 43.9 Å². The quantitative estimate of drug-likeness (QED) is 0.738. The van der Waals surface area contributed by atoms with Gasteiger partial charge in [0.05, 0.1) is 6.10 Å². The van der Waals surface area contributed by atoms with Crippen molar-refractivity contribution in [2.24, 2.45) is 5.92 Å². The number of hydrogen-bond donors (Lipinski definition) is 2. The Balaban J connectivity index is 2.23. The number of nitrogens with one attached hydrogen (secondary N) is 1. The number of likely N-dealkylation sites (tertiary alicyclic amines) is 1. The van der Waals surface area contributed by atoms with Crippen LogP contribution in [0.1, 0.15) is 40.0 Å². The number of aliphatic hydroxyl groups is 1. The highest BCUT2D eigenvalue weighted by Gasteiger charge is 2.25. The maximum Gasteiger partial charge on any atom is 0.317 e. The average molecular weight is 288 g/mol. The molecule has 1 aliphatic rings. The number of carbonyl (C=O) groups excluding carboxylic acids is 1. The summed E-state index contributed by atoms with van der Waals surface area (Å²) in [5.74, 6) is 2.58. The number of piperidine rings is 1. The number of nitrogens with zero attached hydrogens (tertiary/aromatic N) is 1. The Hall–Kier alpha value is -0.420. The lowest BCUT2D eigenvalue weighted by molar-refractivity contribution is 0.0794. The van der Waals surface area contributed by atoms with E-state index in [-0.39, 0.29) is 18.2 Å². The van der Waals surface area contributed by atoms with Crippen molar-refractivity contribution in [1.82, 2.24) is 10.2 Å². The third kappa shape index (κ3) is 6.04. The number of aliphatic hydroxyl groups excluding tert-OH is 1. The van der Waals surface area contributed by atoms with Gasteiger partial charge in [0, 0.05) is 19.1 Å². The second-order valence-electron chi connectivity index (χ2n) is 5.40. The molecular weight excluding hydrogens is 260 g/mol. The molecule has 0 aliphatic carbocycles. The van der Waals surface area contributed by atoms with E-state index < -0.39 is 0 Å². The van der Waals surface area contributed by atoms with Crippen LogP contribution in [-0.4, -0.2) is 52.8 Å². The molecule has 1 aliphatic heterocycles. The molecule has 2 unspecified atom stereocenters. The van der Waals surface area contributed by atoms with Crippen LogP contribution in [0, 0.1) is 5.92 Å². The van der Waals surface area contributed by atoms with Crippen LogP contribution in [0.15, 0.2) is 0 Å². The monoisotopic (exact) mass is 288 g/mol. The van der Waals surface area contributed by atoms with E-state index in [1.807, 2.05) is 23.6 Å². The standard InChI is InChI=1S/C14H28N2O2S/c1-4-19-10-7-11(2)15-14(18)16-8-5-13(6-9-16)12(3)17/h11-13,17H,4-10H2,1-3H3,(H,15,18). The van der Waals surface area contributed by atoms with Gasteiger partial charge in [0.25, 0.3) is 0 Å². The lowest BCUT2D eigenvalue weighted by Crippen LogP contribution is -2.48. The number of hydrogen-bond acceptors (Lipinski definition) is 3. The van der Waals surface area contributed by atoms with E-state index in [4.69, 9.17) is 0 Å². The summed E-state index contributed by atoms with van der Waals surface area (Å²) >= 11 is 1.91. The largest absolute Gasteiger partial charge is 0.393 e. The summed E-state index contributed by atoms with van der Waals surface area (Å²) in [6, 6.07) is 0.291. The highest BCUT2D eigenvalue weighted by atomic mass is 32.2. The molecule has 19 heavy (non-hydrogen) atoms. The smallest absolute Gasteiger partial charge is 0.317 e. The maximum atomic E-state index is 12.1. The van der Waals surface area contributed by atoms with Gasteiger partial charge in [0.2, 0.25) is 0 Å². The molecule has 5 heteroatoms. The van der Waals surface area contributed by atoms with Crippen LogP contribution >= 0.6 is 11.8 Å². The molecule has 2 atom stereocenters. The van der Waals surface area contributed by atoms with Crippen LogP contribution in [0.4, 0.5) is 4.79 Å². The topological polar surface area (TPSA) is 52.6 Å². The van der Waals surface area contributed by atoms with E-state index >= 15 is 0 Å². The summed E-state index contributed by atoms with van der Waals surface area (Å²) in [4.78, 5) is 13.9. The summed E-state index contributed by atoms with van der Waals surface area (Å²) in [5, 5.41) is 12.6. The minimum Gasteiger partial charge on any atom is -0.393 e. The van der Waals surface area contributed by atoms with E-state index in [9.17, 15) is 9.90 Å². The van der Waals surface area contributed by atoms with E-state index in [2.05, 4.69) is 19.2 Å². The zero-order valence-electron chi connectivity index (χ0n) is 12.4. The number of thioether (sulfide) groups is 1. The van der Waals surface area contributed by atoms with Crippen LogP contribution in [0.2, 0.25) is 0 Å². The van der Waals surface area contributed by atoms with Crippen molar-refractivity contribution in [3.8, 4) is 0 Å². The molecule has 1 heterocycles. The summed E-state index contributed by atoms with van der Waals surface area (Å²) in [5.41, 5.74) is 0. The highest BCUT2D eigenvalue weighted by Crippen LogP contribution is 2.20. The van der Waals surface area contributed by atoms with Gasteiger partial charge in [-0.25, -0.2) is 4.79 Å². The number of carbonyl (C=O) groups is 1. The number of rotatable bonds is 6. The molecule has 0 bridgehead atoms. The second kappa shape index (κ2) is 8.69. The van der Waals surface area contributed by atoms with E-state index in [1.165, 1.54) is 0 Å². The molecular formula is C14H28N2O2S. The van der Waals surface area contributed by atoms with Crippen molar-refractivity contribution in [1.29, 1.82) is 0 Å². The predicted octanol–water partition coefficient (Wildman–Crippen LogP) is 2.32. The lowest BCUT2D eigenvalue weighted by atomic mass is 9.92. The molecule has 112 valence electrons. The first-order valence-corrected chi connectivity index (χ1v) is 8.51. The fourth-order valence-electron chi connectivity index (χ4n) is 2.36. The predicted molar refractivity (Wildman–Crippen MR) is 81.6 cm³/mol. The fourth-order valence-corrected chi connectivity index (χ4v) is 3.17. The van der Waals surface area contributed by atoms with Gasteiger partial charge in [0.15, 0.2) is 0 Å². The molecule has 2 N–H and O–H groups in total. The lowest BCUT2D eigenvalue weighted by Gasteiger charge is -2.34. The van der Waals surface area contributed by atoms with Crippen molar-refractivity contribution in [3.63, 3.8) is 0 Å². The normalized spacial score (nSPS) is 20.1. The minimum atomic E-state index is -0.254.